The van der Waals surface area contributed by atoms with E-state index in [1.54, 1.807) is 18.2 Å². The fraction of sp³-hybridized carbons (Fsp3) is 0.600. The van der Waals surface area contributed by atoms with E-state index in [1.165, 1.54) is 109 Å². The predicted molar refractivity (Wildman–Crippen MR) is 167 cm³/mol. The molecule has 0 aliphatic carbocycles. The molecule has 0 aromatic heterocycles. The lowest BCUT2D eigenvalue weighted by Gasteiger charge is -2.09. The van der Waals surface area contributed by atoms with Gasteiger partial charge in [0.1, 0.15) is 0 Å². The molecule has 0 saturated carbocycles. The number of nitrogens with one attached hydrogen (secondary N) is 2. The zero-order valence-electron chi connectivity index (χ0n) is 24.7. The Hall–Kier alpha value is -2.62. The van der Waals surface area contributed by atoms with Gasteiger partial charge in [0.15, 0.2) is 0 Å². The molecule has 0 unspecified atom stereocenters. The Morgan fingerprint density at radius 2 is 0.949 bits per heavy atom. The molecule has 4 heteroatoms. The van der Waals surface area contributed by atoms with Gasteiger partial charge in [0.05, 0.1) is 0 Å². The molecule has 2 rings (SSSR count). The lowest BCUT2D eigenvalue weighted by molar-refractivity contribution is -0.116. The van der Waals surface area contributed by atoms with Crippen LogP contribution in [0.25, 0.3) is 0 Å². The highest BCUT2D eigenvalue weighted by molar-refractivity contribution is 6.04. The van der Waals surface area contributed by atoms with E-state index in [9.17, 15) is 9.59 Å². The highest BCUT2D eigenvalue weighted by atomic mass is 16.2. The van der Waals surface area contributed by atoms with Crippen molar-refractivity contribution < 1.29 is 9.59 Å². The maximum Gasteiger partial charge on any atom is 0.255 e. The Balaban J connectivity index is 1.39. The van der Waals surface area contributed by atoms with Crippen LogP contribution in [0.1, 0.15) is 146 Å². The molecular formula is C35H54N2O2. The van der Waals surface area contributed by atoms with Crippen LogP contribution in [0, 0.1) is 0 Å². The quantitative estimate of drug-likeness (QED) is 0.139. The van der Waals surface area contributed by atoms with Crippen LogP contribution in [-0.4, -0.2) is 11.8 Å². The number of carbonyl (C=O) groups is 2. The Morgan fingerprint density at radius 1 is 0.513 bits per heavy atom. The second kappa shape index (κ2) is 22.2. The average molecular weight is 535 g/mol. The SMILES string of the molecule is CCCCCCCCCCCCCCCCCCCCCC(=O)Nc1cccc(NC(=O)c2ccccc2)c1. The number of benzene rings is 2. The third kappa shape index (κ3) is 16.8. The number of unbranched alkanes of at least 4 members (excludes halogenated alkanes) is 18. The first kappa shape index (κ1) is 32.6. The van der Waals surface area contributed by atoms with Crippen molar-refractivity contribution in [2.24, 2.45) is 0 Å². The summed E-state index contributed by atoms with van der Waals surface area (Å²) in [6.45, 7) is 2.28. The molecule has 2 N–H and O–H groups in total. The molecule has 0 saturated heterocycles. The van der Waals surface area contributed by atoms with E-state index in [4.69, 9.17) is 0 Å². The summed E-state index contributed by atoms with van der Waals surface area (Å²) in [5, 5.41) is 5.85. The summed E-state index contributed by atoms with van der Waals surface area (Å²) in [5.41, 5.74) is 1.99. The molecule has 2 aromatic rings. The van der Waals surface area contributed by atoms with E-state index in [2.05, 4.69) is 17.6 Å². The second-order valence-corrected chi connectivity index (χ2v) is 11.1. The molecule has 0 bridgehead atoms. The maximum absolute atomic E-state index is 12.4. The van der Waals surface area contributed by atoms with Gasteiger partial charge in [-0.15, -0.1) is 0 Å². The molecule has 216 valence electrons. The summed E-state index contributed by atoms with van der Waals surface area (Å²) < 4.78 is 0. The zero-order valence-corrected chi connectivity index (χ0v) is 24.7. The monoisotopic (exact) mass is 534 g/mol. The molecule has 4 nitrogen and oxygen atoms in total. The van der Waals surface area contributed by atoms with Crippen molar-refractivity contribution in [2.75, 3.05) is 10.6 Å². The number of hydrogen-bond donors (Lipinski definition) is 2. The first-order chi connectivity index (χ1) is 19.2. The van der Waals surface area contributed by atoms with Crippen molar-refractivity contribution in [1.29, 1.82) is 0 Å². The number of hydrogen-bond acceptors (Lipinski definition) is 2. The minimum Gasteiger partial charge on any atom is -0.326 e. The number of anilines is 2. The highest BCUT2D eigenvalue weighted by Crippen LogP contribution is 2.18. The molecule has 39 heavy (non-hydrogen) atoms. The minimum absolute atomic E-state index is 0.0357. The fourth-order valence-corrected chi connectivity index (χ4v) is 5.05. The standard InChI is InChI=1S/C35H54N2O2/c1-2-3-4-5-6-7-8-9-10-11-12-13-14-15-16-17-18-19-23-29-34(38)36-32-27-24-28-33(30-32)37-35(39)31-25-21-20-22-26-31/h20-22,24-28,30H,2-19,23,29H2,1H3,(H,36,38)(H,37,39). The van der Waals surface area contributed by atoms with Gasteiger partial charge in [-0.2, -0.15) is 0 Å². The van der Waals surface area contributed by atoms with Gasteiger partial charge in [0.2, 0.25) is 5.91 Å². The van der Waals surface area contributed by atoms with Crippen molar-refractivity contribution >= 4 is 23.2 Å². The third-order valence-corrected chi connectivity index (χ3v) is 7.45. The van der Waals surface area contributed by atoms with Crippen LogP contribution in [0.4, 0.5) is 11.4 Å². The van der Waals surface area contributed by atoms with E-state index in [1.807, 2.05) is 36.4 Å². The summed E-state index contributed by atoms with van der Waals surface area (Å²) in [4.78, 5) is 24.7. The van der Waals surface area contributed by atoms with Crippen LogP contribution >= 0.6 is 0 Å². The van der Waals surface area contributed by atoms with Crippen molar-refractivity contribution in [1.82, 2.24) is 0 Å². The number of amides is 2. The molecule has 0 radical (unpaired) electrons. The number of rotatable bonds is 23. The molecule has 2 aromatic carbocycles. The summed E-state index contributed by atoms with van der Waals surface area (Å²) in [5.74, 6) is -0.123. The normalized spacial score (nSPS) is 10.9. The minimum atomic E-state index is -0.159. The van der Waals surface area contributed by atoms with E-state index in [0.29, 0.717) is 23.4 Å². The molecule has 0 aliphatic rings. The predicted octanol–water partition coefficient (Wildman–Crippen LogP) is 10.7. The van der Waals surface area contributed by atoms with Crippen molar-refractivity contribution in [3.8, 4) is 0 Å². The van der Waals surface area contributed by atoms with Gasteiger partial charge in [-0.1, -0.05) is 147 Å². The zero-order chi connectivity index (χ0) is 27.8. The summed E-state index contributed by atoms with van der Waals surface area (Å²) in [6, 6.07) is 16.4. The van der Waals surface area contributed by atoms with E-state index >= 15 is 0 Å². The maximum atomic E-state index is 12.4. The smallest absolute Gasteiger partial charge is 0.255 e. The van der Waals surface area contributed by atoms with Gasteiger partial charge in [0.25, 0.3) is 5.91 Å². The van der Waals surface area contributed by atoms with Gasteiger partial charge in [-0.05, 0) is 36.8 Å². The average Bonchev–Trinajstić information content (AvgIpc) is 2.95. The van der Waals surface area contributed by atoms with Crippen molar-refractivity contribution in [3.05, 3.63) is 60.2 Å². The molecule has 0 spiro atoms. The van der Waals surface area contributed by atoms with Gasteiger partial charge >= 0.3 is 0 Å². The van der Waals surface area contributed by atoms with Crippen molar-refractivity contribution in [3.63, 3.8) is 0 Å². The molecule has 0 atom stereocenters. The topological polar surface area (TPSA) is 58.2 Å². The molecule has 2 amide bonds. The highest BCUT2D eigenvalue weighted by Gasteiger charge is 2.07. The summed E-state index contributed by atoms with van der Waals surface area (Å²) >= 11 is 0. The molecule has 0 fully saturated rings. The second-order valence-electron chi connectivity index (χ2n) is 11.1. The van der Waals surface area contributed by atoms with E-state index in [0.717, 1.165) is 12.8 Å². The lowest BCUT2D eigenvalue weighted by Crippen LogP contribution is -2.13. The van der Waals surface area contributed by atoms with E-state index in [-0.39, 0.29) is 11.8 Å². The van der Waals surface area contributed by atoms with Crippen LogP contribution in [-0.2, 0) is 4.79 Å². The van der Waals surface area contributed by atoms with Gasteiger partial charge in [0, 0.05) is 23.4 Å². The largest absolute Gasteiger partial charge is 0.326 e. The van der Waals surface area contributed by atoms with E-state index < -0.39 is 0 Å². The van der Waals surface area contributed by atoms with Gasteiger partial charge in [-0.3, -0.25) is 9.59 Å². The van der Waals surface area contributed by atoms with Crippen LogP contribution < -0.4 is 10.6 Å². The van der Waals surface area contributed by atoms with Crippen LogP contribution in [0.3, 0.4) is 0 Å². The Kier molecular flexibility index (Phi) is 18.6. The summed E-state index contributed by atoms with van der Waals surface area (Å²) in [6.07, 6.45) is 26.2. The Bertz CT molecular complexity index is 897. The fourth-order valence-electron chi connectivity index (χ4n) is 5.05. The Morgan fingerprint density at radius 3 is 1.44 bits per heavy atom. The van der Waals surface area contributed by atoms with Crippen molar-refractivity contribution in [2.45, 2.75) is 135 Å². The summed E-state index contributed by atoms with van der Waals surface area (Å²) in [7, 11) is 0. The molecule has 0 heterocycles. The number of carbonyl (C=O) groups excluding carboxylic acids is 2. The third-order valence-electron chi connectivity index (χ3n) is 7.45. The van der Waals surface area contributed by atoms with Crippen LogP contribution in [0.15, 0.2) is 54.6 Å². The molecular weight excluding hydrogens is 480 g/mol. The van der Waals surface area contributed by atoms with Crippen LogP contribution in [0.5, 0.6) is 0 Å². The molecule has 0 aliphatic heterocycles. The van der Waals surface area contributed by atoms with Crippen LogP contribution in [0.2, 0.25) is 0 Å². The lowest BCUT2D eigenvalue weighted by atomic mass is 10.0. The van der Waals surface area contributed by atoms with Gasteiger partial charge in [-0.25, -0.2) is 0 Å². The van der Waals surface area contributed by atoms with Gasteiger partial charge < -0.3 is 10.6 Å². The first-order valence-electron chi connectivity index (χ1n) is 16.0. The first-order valence-corrected chi connectivity index (χ1v) is 16.0. The Labute approximate surface area is 238 Å².